The molecular weight excluding hydrogens is 530 g/mol. The highest BCUT2D eigenvalue weighted by atomic mass is 16.6. The normalized spacial score (nSPS) is 11.6. The Morgan fingerprint density at radius 1 is 0.810 bits per heavy atom. The summed E-state index contributed by atoms with van der Waals surface area (Å²) in [7, 11) is 0. The highest BCUT2D eigenvalue weighted by molar-refractivity contribution is 5.92. The van der Waals surface area contributed by atoms with Gasteiger partial charge in [0.15, 0.2) is 0 Å². The first-order chi connectivity index (χ1) is 20.4. The number of nitrogens with one attached hydrogen (secondary N) is 1. The second-order valence-electron chi connectivity index (χ2n) is 10.2. The highest BCUT2D eigenvalue weighted by Crippen LogP contribution is 2.32. The van der Waals surface area contributed by atoms with Gasteiger partial charge in [0.05, 0.1) is 5.39 Å². The molecule has 0 aliphatic rings. The van der Waals surface area contributed by atoms with Gasteiger partial charge in [-0.2, -0.15) is 0 Å². The topological polar surface area (TPSA) is 94.8 Å². The molecule has 0 spiro atoms. The van der Waals surface area contributed by atoms with E-state index in [1.165, 1.54) is 0 Å². The predicted octanol–water partition coefficient (Wildman–Crippen LogP) is 6.44. The highest BCUT2D eigenvalue weighted by Gasteiger charge is 2.26. The minimum Gasteiger partial charge on any atom is -0.445 e. The van der Waals surface area contributed by atoms with Crippen molar-refractivity contribution in [2.45, 2.75) is 39.3 Å². The maximum atomic E-state index is 13.7. The van der Waals surface area contributed by atoms with Crippen molar-refractivity contribution in [2.24, 2.45) is 0 Å². The molecule has 0 unspecified atom stereocenters. The van der Waals surface area contributed by atoms with Crippen LogP contribution in [-0.4, -0.2) is 18.1 Å². The lowest BCUT2D eigenvalue weighted by Crippen LogP contribution is -2.44. The van der Waals surface area contributed by atoms with Gasteiger partial charge in [0.2, 0.25) is 0 Å². The van der Waals surface area contributed by atoms with Crippen LogP contribution in [0.4, 0.5) is 4.79 Å². The van der Waals surface area contributed by atoms with Gasteiger partial charge in [0.1, 0.15) is 24.0 Å². The fourth-order valence-corrected chi connectivity index (χ4v) is 4.85. The third-order valence-electron chi connectivity index (χ3n) is 6.99. The van der Waals surface area contributed by atoms with E-state index in [0.29, 0.717) is 28.5 Å². The maximum absolute atomic E-state index is 13.7. The number of amides is 1. The van der Waals surface area contributed by atoms with Gasteiger partial charge in [-0.3, -0.25) is 0 Å². The summed E-state index contributed by atoms with van der Waals surface area (Å²) in [6.07, 6.45) is -0.173. The molecule has 5 rings (SSSR count). The van der Waals surface area contributed by atoms with E-state index in [4.69, 9.17) is 13.9 Å². The van der Waals surface area contributed by atoms with E-state index in [1.54, 1.807) is 12.1 Å². The Labute approximate surface area is 243 Å². The quantitative estimate of drug-likeness (QED) is 0.126. The summed E-state index contributed by atoms with van der Waals surface area (Å²) >= 11 is 0. The molecule has 1 N–H and O–H groups in total. The molecule has 4 aromatic carbocycles. The fraction of sp³-hybridized carbons (Fsp3) is 0.171. The monoisotopic (exact) mass is 561 g/mol. The Morgan fingerprint density at radius 2 is 1.40 bits per heavy atom. The van der Waals surface area contributed by atoms with Crippen molar-refractivity contribution in [3.05, 3.63) is 147 Å². The Morgan fingerprint density at radius 3 is 2.05 bits per heavy atom. The fourth-order valence-electron chi connectivity index (χ4n) is 4.85. The second kappa shape index (κ2) is 13.0. The van der Waals surface area contributed by atoms with Crippen molar-refractivity contribution in [1.29, 1.82) is 0 Å². The molecule has 0 fully saturated rings. The zero-order valence-electron chi connectivity index (χ0n) is 23.5. The van der Waals surface area contributed by atoms with Gasteiger partial charge in [-0.25, -0.2) is 14.4 Å². The van der Waals surface area contributed by atoms with Gasteiger partial charge in [0, 0.05) is 18.4 Å². The molecule has 42 heavy (non-hydrogen) atoms. The van der Waals surface area contributed by atoms with Crippen molar-refractivity contribution >= 4 is 23.0 Å². The van der Waals surface area contributed by atoms with Gasteiger partial charge >= 0.3 is 17.7 Å². The first-order valence-corrected chi connectivity index (χ1v) is 13.7. The van der Waals surface area contributed by atoms with Gasteiger partial charge in [-0.1, -0.05) is 91.0 Å². The molecule has 0 saturated carbocycles. The van der Waals surface area contributed by atoms with E-state index in [-0.39, 0.29) is 18.8 Å². The summed E-state index contributed by atoms with van der Waals surface area (Å²) in [5, 5.41) is 3.21. The first-order valence-electron chi connectivity index (χ1n) is 13.7. The molecule has 0 radical (unpaired) electrons. The average molecular weight is 562 g/mol. The van der Waals surface area contributed by atoms with Crippen LogP contribution in [0.2, 0.25) is 0 Å². The molecule has 0 bridgehead atoms. The second-order valence-corrected chi connectivity index (χ2v) is 10.2. The molecule has 1 aromatic heterocycles. The standard InChI is InChI=1S/C35H31NO6/c1-23-18-30-32(24(2)28(33(37)41-30)20-25-12-6-3-7-13-25)31(19-23)42-34(38)29(21-26-14-8-4-9-15-26)36-35(39)40-22-27-16-10-5-11-17-27/h3-19,29H,20-22H2,1-2H3,(H,36,39)/t29-/m1/s1. The third kappa shape index (κ3) is 6.93. The molecular formula is C35H31NO6. The zero-order chi connectivity index (χ0) is 29.5. The van der Waals surface area contributed by atoms with Crippen LogP contribution in [0.5, 0.6) is 5.75 Å². The number of rotatable bonds is 9. The lowest BCUT2D eigenvalue weighted by Gasteiger charge is -2.19. The van der Waals surface area contributed by atoms with E-state index in [2.05, 4.69) is 5.32 Å². The van der Waals surface area contributed by atoms with Gasteiger partial charge in [0.25, 0.3) is 0 Å². The molecule has 7 nitrogen and oxygen atoms in total. The smallest absolute Gasteiger partial charge is 0.408 e. The van der Waals surface area contributed by atoms with Crippen molar-refractivity contribution < 1.29 is 23.5 Å². The van der Waals surface area contributed by atoms with Crippen molar-refractivity contribution in [2.75, 3.05) is 0 Å². The number of fused-ring (bicyclic) bond motifs is 1. The van der Waals surface area contributed by atoms with Gasteiger partial charge in [-0.15, -0.1) is 0 Å². The first kappa shape index (κ1) is 28.4. The molecule has 0 saturated heterocycles. The molecule has 1 amide bonds. The van der Waals surface area contributed by atoms with E-state index in [1.807, 2.05) is 105 Å². The lowest BCUT2D eigenvalue weighted by atomic mass is 9.98. The Balaban J connectivity index is 1.43. The number of benzene rings is 4. The SMILES string of the molecule is Cc1cc(OC(=O)[C@@H](Cc2ccccc2)NC(=O)OCc2ccccc2)c2c(C)c(Cc3ccccc3)c(=O)oc2c1. The molecule has 212 valence electrons. The third-order valence-corrected chi connectivity index (χ3v) is 6.99. The minimum atomic E-state index is -1.04. The summed E-state index contributed by atoms with van der Waals surface area (Å²) in [5.74, 6) is -0.416. The van der Waals surface area contributed by atoms with Crippen LogP contribution in [0.3, 0.4) is 0 Å². The number of ether oxygens (including phenoxy) is 2. The number of alkyl carbamates (subject to hydrolysis) is 1. The number of carbonyl (C=O) groups excluding carboxylic acids is 2. The van der Waals surface area contributed by atoms with Crippen molar-refractivity contribution in [3.63, 3.8) is 0 Å². The summed E-state index contributed by atoms with van der Waals surface area (Å²) in [5.41, 5.74) is 4.41. The Bertz CT molecular complexity index is 1750. The molecule has 1 atom stereocenters. The van der Waals surface area contributed by atoms with E-state index >= 15 is 0 Å². The van der Waals surface area contributed by atoms with Crippen molar-refractivity contribution in [3.8, 4) is 5.75 Å². The maximum Gasteiger partial charge on any atom is 0.408 e. The Hall–Kier alpha value is -5.17. The predicted molar refractivity (Wildman–Crippen MR) is 161 cm³/mol. The summed E-state index contributed by atoms with van der Waals surface area (Å²) < 4.78 is 17.1. The molecule has 1 heterocycles. The summed E-state index contributed by atoms with van der Waals surface area (Å²) in [4.78, 5) is 39.4. The molecule has 5 aromatic rings. The number of hydrogen-bond acceptors (Lipinski definition) is 6. The minimum absolute atomic E-state index is 0.0602. The Kier molecular flexibility index (Phi) is 8.78. The average Bonchev–Trinajstić information content (AvgIpc) is 2.99. The number of carbonyl (C=O) groups is 2. The van der Waals surface area contributed by atoms with Crippen LogP contribution >= 0.6 is 0 Å². The molecule has 0 aliphatic carbocycles. The van der Waals surface area contributed by atoms with Crippen molar-refractivity contribution in [1.82, 2.24) is 5.32 Å². The van der Waals surface area contributed by atoms with Gasteiger partial charge in [-0.05, 0) is 53.8 Å². The van der Waals surface area contributed by atoms with E-state index in [0.717, 1.165) is 22.3 Å². The number of esters is 1. The van der Waals surface area contributed by atoms with Crippen LogP contribution in [0.25, 0.3) is 11.0 Å². The van der Waals surface area contributed by atoms with E-state index in [9.17, 15) is 14.4 Å². The molecule has 0 aliphatic heterocycles. The van der Waals surface area contributed by atoms with Crippen LogP contribution in [0.15, 0.2) is 112 Å². The van der Waals surface area contributed by atoms with Crippen LogP contribution in [-0.2, 0) is 29.0 Å². The summed E-state index contributed by atoms with van der Waals surface area (Å²) in [6.45, 7) is 3.71. The van der Waals surface area contributed by atoms with Crippen LogP contribution in [0, 0.1) is 13.8 Å². The largest absolute Gasteiger partial charge is 0.445 e. The number of hydrogen-bond donors (Lipinski definition) is 1. The van der Waals surface area contributed by atoms with Crippen LogP contribution in [0.1, 0.15) is 33.4 Å². The van der Waals surface area contributed by atoms with E-state index < -0.39 is 23.7 Å². The number of aryl methyl sites for hydroxylation is 2. The summed E-state index contributed by atoms with van der Waals surface area (Å²) in [6, 6.07) is 30.7. The lowest BCUT2D eigenvalue weighted by molar-refractivity contribution is -0.136. The van der Waals surface area contributed by atoms with Gasteiger partial charge < -0.3 is 19.2 Å². The zero-order valence-corrected chi connectivity index (χ0v) is 23.5. The molecule has 7 heteroatoms. The van der Waals surface area contributed by atoms with Crippen LogP contribution < -0.4 is 15.7 Å².